The van der Waals surface area contributed by atoms with Crippen molar-refractivity contribution in [3.63, 3.8) is 0 Å². The van der Waals surface area contributed by atoms with Crippen molar-refractivity contribution in [1.82, 2.24) is 9.78 Å². The van der Waals surface area contributed by atoms with Crippen LogP contribution in [0, 0.1) is 0 Å². The molecule has 3 nitrogen and oxygen atoms in total. The van der Waals surface area contributed by atoms with Gasteiger partial charge in [0.15, 0.2) is 0 Å². The molecule has 0 aliphatic rings. The van der Waals surface area contributed by atoms with E-state index in [2.05, 4.69) is 5.10 Å². The number of nitrogens with zero attached hydrogens (tertiary/aromatic N) is 2. The largest absolute Gasteiger partial charge is 0.408 e. The summed E-state index contributed by atoms with van der Waals surface area (Å²) in [5.74, 6) is 0. The lowest BCUT2D eigenvalue weighted by Crippen LogP contribution is -2.20. The normalized spacial score (nSPS) is 12.4. The summed E-state index contributed by atoms with van der Waals surface area (Å²) in [5.41, 5.74) is 3.69. The highest BCUT2D eigenvalue weighted by Crippen LogP contribution is 2.27. The van der Waals surface area contributed by atoms with Crippen LogP contribution in [0.2, 0.25) is 0 Å². The van der Waals surface area contributed by atoms with Crippen LogP contribution in [0.25, 0.3) is 0 Å². The second-order valence-electron chi connectivity index (χ2n) is 2.56. The molecule has 80 valence electrons. The van der Waals surface area contributed by atoms with Crippen LogP contribution in [-0.2, 0) is 6.54 Å². The molecule has 1 aromatic rings. The lowest BCUT2D eigenvalue weighted by molar-refractivity contribution is -0.143. The molecule has 0 atom stereocenters. The fourth-order valence-corrected chi connectivity index (χ4v) is 0.944. The lowest BCUT2D eigenvalue weighted by atomic mass is 10.4. The van der Waals surface area contributed by atoms with E-state index in [0.29, 0.717) is 0 Å². The van der Waals surface area contributed by atoms with Gasteiger partial charge in [-0.1, -0.05) is 0 Å². The number of nitrogens with two attached hydrogens (primary N) is 1. The fourth-order valence-electron chi connectivity index (χ4n) is 0.944. The van der Waals surface area contributed by atoms with Crippen LogP contribution >= 0.6 is 0 Å². The fraction of sp³-hybridized carbons (Fsp3) is 0.500. The van der Waals surface area contributed by atoms with E-state index in [9.17, 15) is 22.0 Å². The molecule has 1 aromatic heterocycles. The maximum Gasteiger partial charge on any atom is 0.408 e. The molecule has 0 saturated heterocycles. The van der Waals surface area contributed by atoms with Crippen molar-refractivity contribution >= 4 is 5.69 Å². The zero-order valence-electron chi connectivity index (χ0n) is 6.72. The highest BCUT2D eigenvalue weighted by atomic mass is 19.4. The van der Waals surface area contributed by atoms with Gasteiger partial charge in [-0.25, -0.2) is 8.78 Å². The van der Waals surface area contributed by atoms with Crippen LogP contribution in [-0.4, -0.2) is 16.0 Å². The Kier molecular flexibility index (Phi) is 2.63. The molecule has 0 bridgehead atoms. The van der Waals surface area contributed by atoms with E-state index in [1.807, 2.05) is 0 Å². The van der Waals surface area contributed by atoms with Crippen LogP contribution in [0.3, 0.4) is 0 Å². The molecule has 2 N–H and O–H groups in total. The summed E-state index contributed by atoms with van der Waals surface area (Å²) >= 11 is 0. The molecular weight excluding hydrogens is 209 g/mol. The van der Waals surface area contributed by atoms with Crippen molar-refractivity contribution < 1.29 is 22.0 Å². The van der Waals surface area contributed by atoms with Gasteiger partial charge in [-0.3, -0.25) is 4.68 Å². The summed E-state index contributed by atoms with van der Waals surface area (Å²) in [6.07, 6.45) is -6.89. The minimum Gasteiger partial charge on any atom is -0.396 e. The molecule has 0 amide bonds. The Morgan fingerprint density at radius 1 is 1.43 bits per heavy atom. The first-order valence-corrected chi connectivity index (χ1v) is 3.47. The van der Waals surface area contributed by atoms with Crippen molar-refractivity contribution in [2.24, 2.45) is 0 Å². The molecule has 0 saturated carbocycles. The molecule has 0 aliphatic carbocycles. The molecule has 8 heteroatoms. The van der Waals surface area contributed by atoms with E-state index >= 15 is 0 Å². The molecule has 0 aromatic carbocycles. The second kappa shape index (κ2) is 3.43. The molecule has 0 radical (unpaired) electrons. The number of alkyl halides is 5. The molecule has 1 rings (SSSR count). The molecule has 1 heterocycles. The zero-order chi connectivity index (χ0) is 10.9. The molecule has 0 spiro atoms. The number of halogens is 5. The molecule has 14 heavy (non-hydrogen) atoms. The summed E-state index contributed by atoms with van der Waals surface area (Å²) in [7, 11) is 0. The van der Waals surface area contributed by atoms with E-state index in [-0.39, 0.29) is 4.68 Å². The Labute approximate surface area is 75.3 Å². The van der Waals surface area contributed by atoms with Crippen molar-refractivity contribution in [3.8, 4) is 0 Å². The number of nitrogen functional groups attached to an aromatic ring is 1. The van der Waals surface area contributed by atoms with E-state index in [0.717, 1.165) is 6.20 Å². The Hall–Kier alpha value is -1.34. The number of rotatable bonds is 2. The highest BCUT2D eigenvalue weighted by molar-refractivity contribution is 5.41. The van der Waals surface area contributed by atoms with Crippen LogP contribution in [0.5, 0.6) is 0 Å². The van der Waals surface area contributed by atoms with Gasteiger partial charge in [0.05, 0.1) is 11.9 Å². The number of aromatic nitrogens is 2. The van der Waals surface area contributed by atoms with Crippen LogP contribution < -0.4 is 5.73 Å². The summed E-state index contributed by atoms with van der Waals surface area (Å²) in [5, 5.41) is 3.11. The first kappa shape index (κ1) is 10.7. The molecule has 0 unspecified atom stereocenters. The quantitative estimate of drug-likeness (QED) is 0.766. The van der Waals surface area contributed by atoms with E-state index in [1.54, 1.807) is 0 Å². The maximum absolute atomic E-state index is 12.2. The first-order valence-electron chi connectivity index (χ1n) is 3.47. The number of anilines is 1. The topological polar surface area (TPSA) is 43.8 Å². The van der Waals surface area contributed by atoms with Gasteiger partial charge < -0.3 is 5.73 Å². The van der Waals surface area contributed by atoms with Gasteiger partial charge in [0, 0.05) is 0 Å². The number of hydrogen-bond acceptors (Lipinski definition) is 2. The number of hydrogen-bond donors (Lipinski definition) is 1. The Bertz CT molecular complexity index is 316. The standard InChI is InChI=1S/C6H6F5N3/c7-5(8)4-3(12)1-13-14(4)2-6(9,10)11/h1,5H,2,12H2. The maximum atomic E-state index is 12.2. The predicted molar refractivity (Wildman–Crippen MR) is 37.7 cm³/mol. The van der Waals surface area contributed by atoms with Gasteiger partial charge in [0.1, 0.15) is 12.2 Å². The zero-order valence-corrected chi connectivity index (χ0v) is 6.72. The van der Waals surface area contributed by atoms with Crippen molar-refractivity contribution in [3.05, 3.63) is 11.9 Å². The minimum atomic E-state index is -4.60. The third-order valence-corrected chi connectivity index (χ3v) is 1.45. The highest BCUT2D eigenvalue weighted by Gasteiger charge is 2.31. The lowest BCUT2D eigenvalue weighted by Gasteiger charge is -2.09. The first-order chi connectivity index (χ1) is 6.31. The van der Waals surface area contributed by atoms with Crippen molar-refractivity contribution in [2.45, 2.75) is 19.1 Å². The van der Waals surface area contributed by atoms with E-state index in [4.69, 9.17) is 5.73 Å². The average molecular weight is 215 g/mol. The predicted octanol–water partition coefficient (Wildman–Crippen LogP) is 1.97. The summed E-state index contributed by atoms with van der Waals surface area (Å²) < 4.78 is 60.1. The third-order valence-electron chi connectivity index (χ3n) is 1.45. The van der Waals surface area contributed by atoms with Crippen LogP contribution in [0.15, 0.2) is 6.20 Å². The van der Waals surface area contributed by atoms with Crippen molar-refractivity contribution in [2.75, 3.05) is 5.73 Å². The SMILES string of the molecule is Nc1cnn(CC(F)(F)F)c1C(F)F. The summed E-state index contributed by atoms with van der Waals surface area (Å²) in [6.45, 7) is -1.57. The molecule has 0 aliphatic heterocycles. The van der Waals surface area contributed by atoms with Gasteiger partial charge in [-0.05, 0) is 0 Å². The smallest absolute Gasteiger partial charge is 0.396 e. The third kappa shape index (κ3) is 2.33. The van der Waals surface area contributed by atoms with Gasteiger partial charge in [0.25, 0.3) is 6.43 Å². The van der Waals surface area contributed by atoms with Gasteiger partial charge in [0.2, 0.25) is 0 Å². The van der Waals surface area contributed by atoms with Gasteiger partial charge >= 0.3 is 6.18 Å². The Balaban J connectivity index is 2.98. The summed E-state index contributed by atoms with van der Waals surface area (Å²) in [6, 6.07) is 0. The Morgan fingerprint density at radius 2 is 2.00 bits per heavy atom. The average Bonchev–Trinajstić information content (AvgIpc) is 2.27. The summed E-state index contributed by atoms with van der Waals surface area (Å²) in [4.78, 5) is 0. The second-order valence-corrected chi connectivity index (χ2v) is 2.56. The van der Waals surface area contributed by atoms with E-state index < -0.39 is 30.5 Å². The van der Waals surface area contributed by atoms with E-state index in [1.165, 1.54) is 0 Å². The van der Waals surface area contributed by atoms with Gasteiger partial charge in [-0.2, -0.15) is 18.3 Å². The van der Waals surface area contributed by atoms with Crippen molar-refractivity contribution in [1.29, 1.82) is 0 Å². The monoisotopic (exact) mass is 215 g/mol. The van der Waals surface area contributed by atoms with Crippen LogP contribution in [0.1, 0.15) is 12.1 Å². The molecule has 0 fully saturated rings. The van der Waals surface area contributed by atoms with Crippen LogP contribution in [0.4, 0.5) is 27.6 Å². The molecular formula is C6H6F5N3. The van der Waals surface area contributed by atoms with Gasteiger partial charge in [-0.15, -0.1) is 0 Å². The Morgan fingerprint density at radius 3 is 2.43 bits per heavy atom. The minimum absolute atomic E-state index is 0.153.